The van der Waals surface area contributed by atoms with E-state index in [-0.39, 0.29) is 17.4 Å². The summed E-state index contributed by atoms with van der Waals surface area (Å²) in [5, 5.41) is 17.4. The first-order valence-electron chi connectivity index (χ1n) is 8.12. The number of unbranched alkanes of at least 4 members (excludes halogenated alkanes) is 1. The van der Waals surface area contributed by atoms with Crippen molar-refractivity contribution in [3.05, 3.63) is 42.0 Å². The first-order valence-corrected chi connectivity index (χ1v) is 8.12. The maximum atomic E-state index is 12.1. The molecule has 140 valence electrons. The predicted molar refractivity (Wildman–Crippen MR) is 94.1 cm³/mol. The number of hydrazine groups is 1. The topological polar surface area (TPSA) is 124 Å². The summed E-state index contributed by atoms with van der Waals surface area (Å²) >= 11 is 0. The van der Waals surface area contributed by atoms with E-state index in [0.29, 0.717) is 18.2 Å². The first-order chi connectivity index (χ1) is 12.3. The van der Waals surface area contributed by atoms with Crippen LogP contribution in [0.1, 0.15) is 33.1 Å². The number of nitrogens with one attached hydrogen (secondary N) is 1. The van der Waals surface area contributed by atoms with Gasteiger partial charge in [-0.3, -0.25) is 15.0 Å². The zero-order chi connectivity index (χ0) is 19.7. The Kier molecular flexibility index (Phi) is 8.01. The van der Waals surface area contributed by atoms with E-state index in [1.54, 1.807) is 12.1 Å². The summed E-state index contributed by atoms with van der Waals surface area (Å²) in [6.07, 6.45) is 3.15. The summed E-state index contributed by atoms with van der Waals surface area (Å²) in [6, 6.07) is 9.17. The van der Waals surface area contributed by atoms with Crippen LogP contribution in [0.15, 0.2) is 42.0 Å². The third kappa shape index (κ3) is 6.04. The van der Waals surface area contributed by atoms with E-state index < -0.39 is 17.9 Å². The molecule has 3 N–H and O–H groups in total. The third-order valence-corrected chi connectivity index (χ3v) is 3.60. The lowest BCUT2D eigenvalue weighted by atomic mass is 10.0. The Morgan fingerprint density at radius 1 is 1.19 bits per heavy atom. The van der Waals surface area contributed by atoms with Gasteiger partial charge in [0.05, 0.1) is 5.69 Å². The van der Waals surface area contributed by atoms with E-state index >= 15 is 0 Å². The van der Waals surface area contributed by atoms with Crippen LogP contribution in [0.2, 0.25) is 0 Å². The Morgan fingerprint density at radius 2 is 1.81 bits per heavy atom. The smallest absolute Gasteiger partial charge is 0.331 e. The molecule has 0 spiro atoms. The van der Waals surface area contributed by atoms with Gasteiger partial charge in [0.15, 0.2) is 0 Å². The van der Waals surface area contributed by atoms with Crippen molar-refractivity contribution in [2.24, 2.45) is 5.92 Å². The molecule has 0 bridgehead atoms. The fourth-order valence-electron chi connectivity index (χ4n) is 2.19. The number of nitrogens with zero attached hydrogens (tertiary/aromatic N) is 1. The molecule has 2 rings (SSSR count). The summed E-state index contributed by atoms with van der Waals surface area (Å²) in [5.41, 5.74) is 3.16. The number of amides is 2. The molecule has 1 heterocycles. The number of carboxylic acid groups (broad SMARTS) is 2. The number of rotatable bonds is 6. The predicted octanol–water partition coefficient (Wildman–Crippen LogP) is 1.97. The molecule has 2 amide bonds. The van der Waals surface area contributed by atoms with Crippen LogP contribution in [0.4, 0.5) is 5.69 Å². The molecule has 1 aromatic carbocycles. The number of carboxylic acids is 2. The van der Waals surface area contributed by atoms with Crippen molar-refractivity contribution < 1.29 is 29.4 Å². The molecule has 1 aliphatic rings. The molecule has 1 unspecified atom stereocenters. The van der Waals surface area contributed by atoms with Crippen LogP contribution in [0.5, 0.6) is 0 Å². The van der Waals surface area contributed by atoms with Crippen molar-refractivity contribution in [1.82, 2.24) is 5.43 Å². The lowest BCUT2D eigenvalue weighted by molar-refractivity contribution is -0.135. The molecule has 1 atom stereocenters. The molecule has 0 aliphatic carbocycles. The van der Waals surface area contributed by atoms with Gasteiger partial charge in [-0.1, -0.05) is 38.0 Å². The van der Waals surface area contributed by atoms with Crippen LogP contribution >= 0.6 is 0 Å². The molecule has 0 saturated carbocycles. The number of carbonyl (C=O) groups is 4. The molecule has 0 radical (unpaired) electrons. The summed E-state index contributed by atoms with van der Waals surface area (Å²) in [6.45, 7) is 3.27. The van der Waals surface area contributed by atoms with E-state index in [4.69, 9.17) is 10.2 Å². The van der Waals surface area contributed by atoms with Crippen LogP contribution in [0.25, 0.3) is 0 Å². The van der Waals surface area contributed by atoms with Gasteiger partial charge in [-0.15, -0.1) is 0 Å². The molecule has 0 aromatic heterocycles. The number of benzene rings is 1. The van der Waals surface area contributed by atoms with Crippen molar-refractivity contribution in [3.8, 4) is 0 Å². The highest BCUT2D eigenvalue weighted by molar-refractivity contribution is 6.14. The highest BCUT2D eigenvalue weighted by Gasteiger charge is 2.39. The molecule has 8 heteroatoms. The van der Waals surface area contributed by atoms with Gasteiger partial charge >= 0.3 is 11.9 Å². The lowest BCUT2D eigenvalue weighted by Crippen LogP contribution is -2.35. The van der Waals surface area contributed by atoms with Crippen LogP contribution < -0.4 is 10.4 Å². The first kappa shape index (κ1) is 20.9. The lowest BCUT2D eigenvalue weighted by Gasteiger charge is -2.14. The number of para-hydroxylation sites is 1. The quantitative estimate of drug-likeness (QED) is 0.525. The van der Waals surface area contributed by atoms with Crippen molar-refractivity contribution in [1.29, 1.82) is 0 Å². The second kappa shape index (κ2) is 9.97. The maximum absolute atomic E-state index is 12.1. The molecule has 8 nitrogen and oxygen atoms in total. The molecule has 1 fully saturated rings. The normalized spacial score (nSPS) is 16.6. The SMILES string of the molecule is C/C(=C/C(=O)O)C(=O)O.CCCCC1C(=O)NN(c2ccccc2)C1=O. The fraction of sp³-hybridized carbons (Fsp3) is 0.333. The largest absolute Gasteiger partial charge is 0.478 e. The van der Waals surface area contributed by atoms with Crippen molar-refractivity contribution >= 4 is 29.4 Å². The van der Waals surface area contributed by atoms with Crippen molar-refractivity contribution in [2.45, 2.75) is 33.1 Å². The standard InChI is InChI=1S/C13H16N2O2.C5H6O4/c1-2-3-9-11-12(16)14-15(13(11)17)10-7-5-4-6-8-10;1-3(5(8)9)2-4(6)7/h4-8,11H,2-3,9H2,1H3,(H,14,16);2H,1H3,(H,6,7)(H,8,9)/b;3-2-. The highest BCUT2D eigenvalue weighted by atomic mass is 16.4. The fourth-order valence-corrected chi connectivity index (χ4v) is 2.19. The second-order valence-corrected chi connectivity index (χ2v) is 5.65. The minimum absolute atomic E-state index is 0.144. The second-order valence-electron chi connectivity index (χ2n) is 5.65. The van der Waals surface area contributed by atoms with E-state index in [0.717, 1.165) is 12.8 Å². The minimum Gasteiger partial charge on any atom is -0.478 e. The monoisotopic (exact) mass is 362 g/mol. The van der Waals surface area contributed by atoms with Gasteiger partial charge in [0.1, 0.15) is 5.92 Å². The Balaban J connectivity index is 0.000000321. The minimum atomic E-state index is -1.24. The average molecular weight is 362 g/mol. The van der Waals surface area contributed by atoms with Gasteiger partial charge in [-0.2, -0.15) is 0 Å². The molecular formula is C18H22N2O6. The number of carbonyl (C=O) groups excluding carboxylic acids is 2. The molecule has 1 aromatic rings. The Labute approximate surface area is 151 Å². The van der Waals surface area contributed by atoms with Crippen molar-refractivity contribution in [2.75, 3.05) is 5.01 Å². The average Bonchev–Trinajstić information content (AvgIpc) is 2.88. The Bertz CT molecular complexity index is 699. The molecular weight excluding hydrogens is 340 g/mol. The van der Waals surface area contributed by atoms with Gasteiger partial charge in [-0.25, -0.2) is 14.6 Å². The summed E-state index contributed by atoms with van der Waals surface area (Å²) in [5.74, 6) is -3.30. The Morgan fingerprint density at radius 3 is 2.27 bits per heavy atom. The van der Waals surface area contributed by atoms with Crippen LogP contribution in [0, 0.1) is 5.92 Å². The number of hydrogen-bond donors (Lipinski definition) is 3. The molecule has 26 heavy (non-hydrogen) atoms. The zero-order valence-corrected chi connectivity index (χ0v) is 14.6. The van der Waals surface area contributed by atoms with E-state index in [1.807, 2.05) is 25.1 Å². The number of anilines is 1. The number of hydrogen-bond acceptors (Lipinski definition) is 4. The number of aliphatic carboxylic acids is 2. The Hall–Kier alpha value is -3.16. The summed E-state index contributed by atoms with van der Waals surface area (Å²) < 4.78 is 0. The van der Waals surface area contributed by atoms with Crippen LogP contribution in [-0.4, -0.2) is 34.0 Å². The van der Waals surface area contributed by atoms with E-state index in [1.165, 1.54) is 11.9 Å². The van der Waals surface area contributed by atoms with Crippen molar-refractivity contribution in [3.63, 3.8) is 0 Å². The van der Waals surface area contributed by atoms with Crippen LogP contribution in [-0.2, 0) is 19.2 Å². The highest BCUT2D eigenvalue weighted by Crippen LogP contribution is 2.22. The molecule has 1 aliphatic heterocycles. The van der Waals surface area contributed by atoms with Gasteiger partial charge < -0.3 is 10.2 Å². The zero-order valence-electron chi connectivity index (χ0n) is 14.6. The van der Waals surface area contributed by atoms with Gasteiger partial charge in [-0.05, 0) is 25.5 Å². The summed E-state index contributed by atoms with van der Waals surface area (Å²) in [4.78, 5) is 43.4. The van der Waals surface area contributed by atoms with E-state index in [2.05, 4.69) is 5.43 Å². The third-order valence-electron chi connectivity index (χ3n) is 3.60. The van der Waals surface area contributed by atoms with E-state index in [9.17, 15) is 19.2 Å². The summed E-state index contributed by atoms with van der Waals surface area (Å²) in [7, 11) is 0. The van der Waals surface area contributed by atoms with Crippen LogP contribution in [0.3, 0.4) is 0 Å². The van der Waals surface area contributed by atoms with Gasteiger partial charge in [0, 0.05) is 11.6 Å². The van der Waals surface area contributed by atoms with Gasteiger partial charge in [0.2, 0.25) is 0 Å². The maximum Gasteiger partial charge on any atom is 0.331 e. The molecule has 1 saturated heterocycles. The van der Waals surface area contributed by atoms with Gasteiger partial charge in [0.25, 0.3) is 11.8 Å².